The minimum Gasteiger partial charge on any atom is -0.415 e. The SMILES string of the molecule is CCNC(c1ccccc1)c1nnc(C(F)(F)F)o1. The van der Waals surface area contributed by atoms with Gasteiger partial charge in [-0.05, 0) is 12.1 Å². The maximum Gasteiger partial charge on any atom is 0.470 e. The molecule has 0 fully saturated rings. The fourth-order valence-electron chi connectivity index (χ4n) is 1.66. The summed E-state index contributed by atoms with van der Waals surface area (Å²) < 4.78 is 42.0. The van der Waals surface area contributed by atoms with Gasteiger partial charge >= 0.3 is 12.1 Å². The normalized spacial score (nSPS) is 13.5. The first-order chi connectivity index (χ1) is 9.02. The van der Waals surface area contributed by atoms with Crippen LogP contribution in [0, 0.1) is 0 Å². The van der Waals surface area contributed by atoms with Crippen molar-refractivity contribution < 1.29 is 17.6 Å². The molecule has 0 saturated heterocycles. The molecular weight excluding hydrogens is 259 g/mol. The molecule has 4 nitrogen and oxygen atoms in total. The van der Waals surface area contributed by atoms with Crippen LogP contribution in [0.1, 0.15) is 30.3 Å². The van der Waals surface area contributed by atoms with E-state index in [1.807, 2.05) is 13.0 Å². The van der Waals surface area contributed by atoms with Crippen molar-refractivity contribution in [1.29, 1.82) is 0 Å². The molecular formula is C12H12F3N3O. The molecule has 1 unspecified atom stereocenters. The number of aromatic nitrogens is 2. The molecule has 0 aliphatic rings. The molecule has 1 aromatic carbocycles. The van der Waals surface area contributed by atoms with Crippen LogP contribution in [0.5, 0.6) is 0 Å². The molecule has 1 heterocycles. The monoisotopic (exact) mass is 271 g/mol. The van der Waals surface area contributed by atoms with Gasteiger partial charge in [-0.2, -0.15) is 13.2 Å². The first-order valence-electron chi connectivity index (χ1n) is 5.71. The van der Waals surface area contributed by atoms with Crippen LogP contribution in [0.15, 0.2) is 34.7 Å². The van der Waals surface area contributed by atoms with Crippen LogP contribution >= 0.6 is 0 Å². The van der Waals surface area contributed by atoms with E-state index in [0.29, 0.717) is 6.54 Å². The van der Waals surface area contributed by atoms with Gasteiger partial charge in [0.1, 0.15) is 6.04 Å². The zero-order valence-electron chi connectivity index (χ0n) is 10.1. The maximum atomic E-state index is 12.4. The number of rotatable bonds is 4. The summed E-state index contributed by atoms with van der Waals surface area (Å²) in [7, 11) is 0. The molecule has 0 amide bonds. The molecule has 2 aromatic rings. The Hall–Kier alpha value is -1.89. The predicted molar refractivity (Wildman–Crippen MR) is 61.3 cm³/mol. The van der Waals surface area contributed by atoms with Crippen LogP contribution in [-0.4, -0.2) is 16.7 Å². The molecule has 1 N–H and O–H groups in total. The molecule has 0 radical (unpaired) electrons. The smallest absolute Gasteiger partial charge is 0.415 e. The number of nitrogens with zero attached hydrogens (tertiary/aromatic N) is 2. The predicted octanol–water partition coefficient (Wildman–Crippen LogP) is 2.79. The third-order valence-corrected chi connectivity index (χ3v) is 2.47. The molecule has 2 rings (SSSR count). The Morgan fingerprint density at radius 2 is 1.89 bits per heavy atom. The number of halogens is 3. The summed E-state index contributed by atoms with van der Waals surface area (Å²) in [5.74, 6) is -1.43. The van der Waals surface area contributed by atoms with Crippen LogP contribution in [0.4, 0.5) is 13.2 Å². The van der Waals surface area contributed by atoms with Gasteiger partial charge in [0.2, 0.25) is 5.89 Å². The van der Waals surface area contributed by atoms with Crippen molar-refractivity contribution in [2.75, 3.05) is 6.54 Å². The zero-order valence-corrected chi connectivity index (χ0v) is 10.1. The van der Waals surface area contributed by atoms with Crippen molar-refractivity contribution in [3.8, 4) is 0 Å². The summed E-state index contributed by atoms with van der Waals surface area (Å²) in [5, 5.41) is 9.53. The molecule has 1 aromatic heterocycles. The average Bonchev–Trinajstić information content (AvgIpc) is 2.86. The van der Waals surface area contributed by atoms with Crippen LogP contribution in [0.2, 0.25) is 0 Å². The molecule has 0 aliphatic heterocycles. The molecule has 0 aliphatic carbocycles. The zero-order chi connectivity index (χ0) is 13.9. The van der Waals surface area contributed by atoms with Crippen molar-refractivity contribution >= 4 is 0 Å². The molecule has 1 atom stereocenters. The Balaban J connectivity index is 2.32. The van der Waals surface area contributed by atoms with Gasteiger partial charge in [0.25, 0.3) is 0 Å². The molecule has 102 valence electrons. The third kappa shape index (κ3) is 3.11. The third-order valence-electron chi connectivity index (χ3n) is 2.47. The van der Waals surface area contributed by atoms with Gasteiger partial charge < -0.3 is 9.73 Å². The Kier molecular flexibility index (Phi) is 3.84. The van der Waals surface area contributed by atoms with Crippen molar-refractivity contribution in [3.05, 3.63) is 47.7 Å². The lowest BCUT2D eigenvalue weighted by Crippen LogP contribution is -2.22. The number of hydrogen-bond acceptors (Lipinski definition) is 4. The molecule has 0 spiro atoms. The molecule has 0 saturated carbocycles. The second kappa shape index (κ2) is 5.40. The fraction of sp³-hybridized carbons (Fsp3) is 0.333. The maximum absolute atomic E-state index is 12.4. The van der Waals surface area contributed by atoms with Gasteiger partial charge in [-0.3, -0.25) is 0 Å². The second-order valence-electron chi connectivity index (χ2n) is 3.84. The minimum atomic E-state index is -4.63. The van der Waals surface area contributed by atoms with Gasteiger partial charge in [-0.1, -0.05) is 37.3 Å². The lowest BCUT2D eigenvalue weighted by atomic mass is 10.1. The highest BCUT2D eigenvalue weighted by Crippen LogP contribution is 2.30. The minimum absolute atomic E-state index is 0.0969. The van der Waals surface area contributed by atoms with Gasteiger partial charge in [0, 0.05) is 0 Å². The molecule has 0 bridgehead atoms. The van der Waals surface area contributed by atoms with Crippen LogP contribution in [0.3, 0.4) is 0 Å². The van der Waals surface area contributed by atoms with E-state index in [0.717, 1.165) is 5.56 Å². The Morgan fingerprint density at radius 1 is 1.21 bits per heavy atom. The average molecular weight is 271 g/mol. The Bertz CT molecular complexity index is 525. The number of hydrogen-bond donors (Lipinski definition) is 1. The number of benzene rings is 1. The van der Waals surface area contributed by atoms with E-state index in [4.69, 9.17) is 4.42 Å². The summed E-state index contributed by atoms with van der Waals surface area (Å²) in [5.41, 5.74) is 0.765. The number of alkyl halides is 3. The van der Waals surface area contributed by atoms with E-state index in [-0.39, 0.29) is 5.89 Å². The Morgan fingerprint density at radius 3 is 2.42 bits per heavy atom. The van der Waals surface area contributed by atoms with Crippen LogP contribution in [0.25, 0.3) is 0 Å². The van der Waals surface area contributed by atoms with E-state index in [9.17, 15) is 13.2 Å². The highest BCUT2D eigenvalue weighted by molar-refractivity contribution is 5.23. The summed E-state index contributed by atoms with van der Waals surface area (Å²) >= 11 is 0. The van der Waals surface area contributed by atoms with Gasteiger partial charge in [0.05, 0.1) is 0 Å². The van der Waals surface area contributed by atoms with E-state index in [1.165, 1.54) is 0 Å². The molecule has 7 heteroatoms. The van der Waals surface area contributed by atoms with E-state index >= 15 is 0 Å². The first kappa shape index (κ1) is 13.5. The highest BCUT2D eigenvalue weighted by Gasteiger charge is 2.39. The Labute approximate surface area is 107 Å². The van der Waals surface area contributed by atoms with Gasteiger partial charge in [-0.25, -0.2) is 0 Å². The van der Waals surface area contributed by atoms with E-state index < -0.39 is 18.1 Å². The van der Waals surface area contributed by atoms with Gasteiger partial charge in [0.15, 0.2) is 0 Å². The first-order valence-corrected chi connectivity index (χ1v) is 5.71. The van der Waals surface area contributed by atoms with Crippen molar-refractivity contribution in [2.24, 2.45) is 0 Å². The largest absolute Gasteiger partial charge is 0.470 e. The van der Waals surface area contributed by atoms with Crippen molar-refractivity contribution in [1.82, 2.24) is 15.5 Å². The molecule has 19 heavy (non-hydrogen) atoms. The second-order valence-corrected chi connectivity index (χ2v) is 3.84. The van der Waals surface area contributed by atoms with E-state index in [2.05, 4.69) is 15.5 Å². The van der Waals surface area contributed by atoms with Crippen molar-refractivity contribution in [2.45, 2.75) is 19.1 Å². The summed E-state index contributed by atoms with van der Waals surface area (Å²) in [6, 6.07) is 8.42. The highest BCUT2D eigenvalue weighted by atomic mass is 19.4. The van der Waals surface area contributed by atoms with Crippen LogP contribution in [-0.2, 0) is 6.18 Å². The van der Waals surface area contributed by atoms with Crippen molar-refractivity contribution in [3.63, 3.8) is 0 Å². The van der Waals surface area contributed by atoms with Gasteiger partial charge in [-0.15, -0.1) is 10.2 Å². The topological polar surface area (TPSA) is 51.0 Å². The lowest BCUT2D eigenvalue weighted by Gasteiger charge is -2.13. The summed E-state index contributed by atoms with van der Waals surface area (Å²) in [4.78, 5) is 0. The summed E-state index contributed by atoms with van der Waals surface area (Å²) in [6.07, 6.45) is -4.63. The van der Waals surface area contributed by atoms with E-state index in [1.54, 1.807) is 24.3 Å². The lowest BCUT2D eigenvalue weighted by molar-refractivity contribution is -0.157. The summed E-state index contributed by atoms with van der Waals surface area (Å²) in [6.45, 7) is 2.40. The van der Waals surface area contributed by atoms with Crippen LogP contribution < -0.4 is 5.32 Å². The quantitative estimate of drug-likeness (QED) is 0.929. The fourth-order valence-corrected chi connectivity index (χ4v) is 1.66. The standard InChI is InChI=1S/C12H12F3N3O/c1-2-16-9(8-6-4-3-5-7-8)10-17-18-11(19-10)12(13,14)15/h3-7,9,16H,2H2,1H3. The number of nitrogens with one attached hydrogen (secondary N) is 1.